The molecule has 29 heavy (non-hydrogen) atoms. The Bertz CT molecular complexity index is 1030. The molecule has 2 heterocycles. The summed E-state index contributed by atoms with van der Waals surface area (Å²) in [7, 11) is 0. The molecule has 4 rings (SSSR count). The van der Waals surface area contributed by atoms with E-state index >= 15 is 0 Å². The topological polar surface area (TPSA) is 42.0 Å². The molecule has 2 aromatic carbocycles. The molecule has 5 heteroatoms. The minimum atomic E-state index is -0.134. The van der Waals surface area contributed by atoms with Gasteiger partial charge in [-0.05, 0) is 35.4 Å². The van der Waals surface area contributed by atoms with Gasteiger partial charge in [0.1, 0.15) is 5.01 Å². The van der Waals surface area contributed by atoms with Gasteiger partial charge in [-0.15, -0.1) is 22.7 Å². The molecule has 1 atom stereocenters. The smallest absolute Gasteiger partial charge is 0.220 e. The molecule has 0 saturated carbocycles. The number of nitrogens with zero attached hydrogens (tertiary/aromatic N) is 1. The second-order valence-corrected chi connectivity index (χ2v) is 8.66. The number of hydrogen-bond acceptors (Lipinski definition) is 4. The van der Waals surface area contributed by atoms with E-state index in [2.05, 4.69) is 46.4 Å². The second kappa shape index (κ2) is 9.63. The first kappa shape index (κ1) is 19.6. The van der Waals surface area contributed by atoms with Crippen LogP contribution in [-0.4, -0.2) is 10.9 Å². The van der Waals surface area contributed by atoms with Gasteiger partial charge in [-0.2, -0.15) is 0 Å². The Morgan fingerprint density at radius 3 is 2.31 bits per heavy atom. The summed E-state index contributed by atoms with van der Waals surface area (Å²) in [6.07, 6.45) is 1.94. The van der Waals surface area contributed by atoms with Crippen molar-refractivity contribution in [3.8, 4) is 9.88 Å². The summed E-state index contributed by atoms with van der Waals surface area (Å²) < 4.78 is 0. The number of hydrogen-bond donors (Lipinski definition) is 1. The molecule has 3 nitrogen and oxygen atoms in total. The van der Waals surface area contributed by atoms with E-state index in [1.165, 1.54) is 11.1 Å². The van der Waals surface area contributed by atoms with E-state index in [4.69, 9.17) is 4.98 Å². The molecule has 0 aliphatic rings. The quantitative estimate of drug-likeness (QED) is 0.387. The SMILES string of the molecule is O=C(CCc1ccccc1)N[C@@H](Cc1ccccc1)c1csc(-c2cccs2)n1. The Balaban J connectivity index is 1.48. The van der Waals surface area contributed by atoms with Crippen molar-refractivity contribution in [2.75, 3.05) is 0 Å². The van der Waals surface area contributed by atoms with Crippen LogP contribution in [0.1, 0.15) is 29.3 Å². The molecular formula is C24H22N2OS2. The maximum atomic E-state index is 12.7. The fraction of sp³-hybridized carbons (Fsp3) is 0.167. The van der Waals surface area contributed by atoms with E-state index in [9.17, 15) is 4.79 Å². The molecule has 4 aromatic rings. The third kappa shape index (κ3) is 5.40. The van der Waals surface area contributed by atoms with Crippen LogP contribution in [-0.2, 0) is 17.6 Å². The van der Waals surface area contributed by atoms with Crippen molar-refractivity contribution in [2.45, 2.75) is 25.3 Å². The monoisotopic (exact) mass is 418 g/mol. The van der Waals surface area contributed by atoms with E-state index in [-0.39, 0.29) is 11.9 Å². The zero-order chi connectivity index (χ0) is 19.9. The van der Waals surface area contributed by atoms with Crippen LogP contribution in [0.4, 0.5) is 0 Å². The highest BCUT2D eigenvalue weighted by Gasteiger charge is 2.19. The van der Waals surface area contributed by atoms with Gasteiger partial charge in [0.25, 0.3) is 0 Å². The standard InChI is InChI=1S/C24H22N2OS2/c27-23(14-13-18-8-3-1-4-9-18)25-20(16-19-10-5-2-6-11-19)21-17-29-24(26-21)22-12-7-15-28-22/h1-12,15,17,20H,13-14,16H2,(H,25,27)/t20-/m0/s1. The summed E-state index contributed by atoms with van der Waals surface area (Å²) in [5.74, 6) is 0.0560. The number of rotatable bonds is 8. The molecular weight excluding hydrogens is 396 g/mol. The van der Waals surface area contributed by atoms with Crippen LogP contribution in [0.5, 0.6) is 0 Å². The van der Waals surface area contributed by atoms with Crippen molar-refractivity contribution in [2.24, 2.45) is 0 Å². The fourth-order valence-electron chi connectivity index (χ4n) is 3.21. The number of carbonyl (C=O) groups is 1. The minimum Gasteiger partial charge on any atom is -0.347 e. The number of benzene rings is 2. The van der Waals surface area contributed by atoms with Crippen LogP contribution in [0.15, 0.2) is 83.6 Å². The van der Waals surface area contributed by atoms with E-state index in [0.717, 1.165) is 28.4 Å². The van der Waals surface area contributed by atoms with Crippen molar-refractivity contribution in [1.29, 1.82) is 0 Å². The Morgan fingerprint density at radius 2 is 1.62 bits per heavy atom. The Morgan fingerprint density at radius 1 is 0.897 bits per heavy atom. The van der Waals surface area contributed by atoms with Crippen molar-refractivity contribution < 1.29 is 4.79 Å². The van der Waals surface area contributed by atoms with Gasteiger partial charge < -0.3 is 5.32 Å². The fourth-order valence-corrected chi connectivity index (χ4v) is 4.90. The van der Waals surface area contributed by atoms with Gasteiger partial charge in [0.05, 0.1) is 16.6 Å². The third-order valence-corrected chi connectivity index (χ3v) is 6.61. The van der Waals surface area contributed by atoms with Gasteiger partial charge in [0.2, 0.25) is 5.91 Å². The lowest BCUT2D eigenvalue weighted by Crippen LogP contribution is -2.30. The first-order valence-electron chi connectivity index (χ1n) is 9.64. The molecule has 0 aliphatic heterocycles. The molecule has 0 radical (unpaired) electrons. The van der Waals surface area contributed by atoms with Crippen molar-refractivity contribution in [1.82, 2.24) is 10.3 Å². The van der Waals surface area contributed by atoms with Gasteiger partial charge in [0.15, 0.2) is 0 Å². The number of thiophene rings is 1. The summed E-state index contributed by atoms with van der Waals surface area (Å²) in [5, 5.41) is 8.35. The zero-order valence-electron chi connectivity index (χ0n) is 16.0. The van der Waals surface area contributed by atoms with Gasteiger partial charge in [-0.25, -0.2) is 4.98 Å². The molecule has 0 unspecified atom stereocenters. The maximum absolute atomic E-state index is 12.7. The van der Waals surface area contributed by atoms with E-state index in [1.807, 2.05) is 42.5 Å². The number of amides is 1. The summed E-state index contributed by atoms with van der Waals surface area (Å²) >= 11 is 3.32. The Hall–Kier alpha value is -2.76. The Kier molecular flexibility index (Phi) is 6.49. The summed E-state index contributed by atoms with van der Waals surface area (Å²) in [4.78, 5) is 18.7. The lowest BCUT2D eigenvalue weighted by Gasteiger charge is -2.17. The van der Waals surface area contributed by atoms with Gasteiger partial charge in [-0.3, -0.25) is 4.79 Å². The van der Waals surface area contributed by atoms with Crippen LogP contribution >= 0.6 is 22.7 Å². The predicted molar refractivity (Wildman–Crippen MR) is 121 cm³/mol. The van der Waals surface area contributed by atoms with E-state index < -0.39 is 0 Å². The second-order valence-electron chi connectivity index (χ2n) is 6.85. The number of aromatic nitrogens is 1. The summed E-state index contributed by atoms with van der Waals surface area (Å²) in [5.41, 5.74) is 3.29. The number of aryl methyl sites for hydroxylation is 1. The number of nitrogens with one attached hydrogen (secondary N) is 1. The lowest BCUT2D eigenvalue weighted by atomic mass is 10.0. The first-order valence-corrected chi connectivity index (χ1v) is 11.4. The lowest BCUT2D eigenvalue weighted by molar-refractivity contribution is -0.121. The van der Waals surface area contributed by atoms with Crippen LogP contribution in [0.2, 0.25) is 0 Å². The predicted octanol–water partition coefficient (Wildman–Crippen LogP) is 5.90. The minimum absolute atomic E-state index is 0.0560. The highest BCUT2D eigenvalue weighted by Crippen LogP contribution is 2.30. The number of thiazole rings is 1. The average Bonchev–Trinajstić information content (AvgIpc) is 3.45. The van der Waals surface area contributed by atoms with Crippen molar-refractivity contribution >= 4 is 28.6 Å². The highest BCUT2D eigenvalue weighted by molar-refractivity contribution is 7.20. The molecule has 0 spiro atoms. The highest BCUT2D eigenvalue weighted by atomic mass is 32.1. The molecule has 0 saturated heterocycles. The zero-order valence-corrected chi connectivity index (χ0v) is 17.6. The van der Waals surface area contributed by atoms with Crippen LogP contribution in [0.25, 0.3) is 9.88 Å². The third-order valence-electron chi connectivity index (χ3n) is 4.71. The molecule has 146 valence electrons. The molecule has 0 aliphatic carbocycles. The molecule has 2 aromatic heterocycles. The number of carbonyl (C=O) groups excluding carboxylic acids is 1. The molecule has 0 fully saturated rings. The first-order chi connectivity index (χ1) is 14.3. The Labute approximate surface area is 179 Å². The van der Waals surface area contributed by atoms with Crippen LogP contribution in [0.3, 0.4) is 0 Å². The molecule has 0 bridgehead atoms. The van der Waals surface area contributed by atoms with E-state index in [1.54, 1.807) is 22.7 Å². The normalized spacial score (nSPS) is 11.9. The molecule has 1 amide bonds. The van der Waals surface area contributed by atoms with Crippen LogP contribution in [0, 0.1) is 0 Å². The van der Waals surface area contributed by atoms with E-state index in [0.29, 0.717) is 6.42 Å². The summed E-state index contributed by atoms with van der Waals surface area (Å²) in [6, 6.07) is 24.4. The average molecular weight is 419 g/mol. The van der Waals surface area contributed by atoms with Crippen molar-refractivity contribution in [3.05, 3.63) is 100 Å². The van der Waals surface area contributed by atoms with Gasteiger partial charge >= 0.3 is 0 Å². The largest absolute Gasteiger partial charge is 0.347 e. The van der Waals surface area contributed by atoms with Gasteiger partial charge in [0, 0.05) is 11.8 Å². The summed E-state index contributed by atoms with van der Waals surface area (Å²) in [6.45, 7) is 0. The molecule has 1 N–H and O–H groups in total. The maximum Gasteiger partial charge on any atom is 0.220 e. The van der Waals surface area contributed by atoms with Gasteiger partial charge in [-0.1, -0.05) is 66.7 Å². The van der Waals surface area contributed by atoms with Crippen molar-refractivity contribution in [3.63, 3.8) is 0 Å². The van der Waals surface area contributed by atoms with Crippen LogP contribution < -0.4 is 5.32 Å².